The topological polar surface area (TPSA) is 47.9 Å². The quantitative estimate of drug-likeness (QED) is 0.490. The summed E-state index contributed by atoms with van der Waals surface area (Å²) in [6.07, 6.45) is 3.56. The summed E-state index contributed by atoms with van der Waals surface area (Å²) in [6.45, 7) is 2.64. The Morgan fingerprint density at radius 3 is 1.74 bits per heavy atom. The molecule has 0 bridgehead atoms. The molecule has 132 valence electrons. The van der Waals surface area contributed by atoms with Gasteiger partial charge in [0, 0.05) is 12.4 Å². The maximum Gasteiger partial charge on any atom is 0.119 e. The van der Waals surface area contributed by atoms with Crippen LogP contribution in [0.2, 0.25) is 0 Å². The molecule has 0 saturated carbocycles. The molecule has 0 N–H and O–H groups in total. The van der Waals surface area contributed by atoms with E-state index in [2.05, 4.69) is 34.2 Å². The Bertz CT molecular complexity index is 959. The van der Waals surface area contributed by atoms with Crippen LogP contribution in [0, 0.1) is 0 Å². The van der Waals surface area contributed by atoms with Crippen molar-refractivity contribution in [3.8, 4) is 39.7 Å². The minimum absolute atomic E-state index is 0.655. The van der Waals surface area contributed by atoms with Crippen molar-refractivity contribution in [1.82, 2.24) is 15.0 Å². The number of hydrogen-bond acceptors (Lipinski definition) is 4. The van der Waals surface area contributed by atoms with Gasteiger partial charge < -0.3 is 4.74 Å². The van der Waals surface area contributed by atoms with Gasteiger partial charge in [-0.25, -0.2) is 4.98 Å². The standard InChI is InChI=1S/C23H19N3O/c1-2-27-19-11-9-17(10-12-19)18-15-22(20-7-3-5-13-24-20)26-23(16-18)21-8-4-6-14-25-21/h3-16H,2H2,1H3. The van der Waals surface area contributed by atoms with E-state index in [0.29, 0.717) is 6.61 Å². The minimum Gasteiger partial charge on any atom is -0.494 e. The molecule has 0 spiro atoms. The fourth-order valence-corrected chi connectivity index (χ4v) is 2.90. The van der Waals surface area contributed by atoms with Crippen LogP contribution in [0.15, 0.2) is 85.2 Å². The first-order valence-electron chi connectivity index (χ1n) is 8.91. The normalized spacial score (nSPS) is 10.6. The zero-order chi connectivity index (χ0) is 18.5. The molecule has 0 unspecified atom stereocenters. The van der Waals surface area contributed by atoms with Gasteiger partial charge in [-0.3, -0.25) is 9.97 Å². The van der Waals surface area contributed by atoms with Gasteiger partial charge in [0.2, 0.25) is 0 Å². The molecule has 1 aromatic carbocycles. The average molecular weight is 353 g/mol. The van der Waals surface area contributed by atoms with Gasteiger partial charge in [0.1, 0.15) is 5.75 Å². The molecule has 3 aromatic heterocycles. The van der Waals surface area contributed by atoms with Crippen molar-refractivity contribution in [2.24, 2.45) is 0 Å². The summed E-state index contributed by atoms with van der Waals surface area (Å²) in [5, 5.41) is 0. The molecule has 3 heterocycles. The number of aromatic nitrogens is 3. The van der Waals surface area contributed by atoms with E-state index in [-0.39, 0.29) is 0 Å². The SMILES string of the molecule is CCOc1ccc(-c2cc(-c3ccccn3)nc(-c3ccccn3)c2)cc1. The summed E-state index contributed by atoms with van der Waals surface area (Å²) < 4.78 is 5.55. The van der Waals surface area contributed by atoms with Crippen molar-refractivity contribution in [1.29, 1.82) is 0 Å². The lowest BCUT2D eigenvalue weighted by molar-refractivity contribution is 0.340. The number of hydrogen-bond donors (Lipinski definition) is 0. The van der Waals surface area contributed by atoms with E-state index in [4.69, 9.17) is 9.72 Å². The van der Waals surface area contributed by atoms with Crippen LogP contribution in [0.4, 0.5) is 0 Å². The molecule has 4 rings (SSSR count). The molecule has 4 heteroatoms. The molecule has 0 amide bonds. The van der Waals surface area contributed by atoms with Crippen LogP contribution in [-0.2, 0) is 0 Å². The summed E-state index contributed by atoms with van der Waals surface area (Å²) in [5.74, 6) is 0.866. The van der Waals surface area contributed by atoms with Crippen molar-refractivity contribution in [3.05, 3.63) is 85.2 Å². The molecule has 0 radical (unpaired) electrons. The lowest BCUT2D eigenvalue weighted by atomic mass is 10.0. The fraction of sp³-hybridized carbons (Fsp3) is 0.0870. The predicted octanol–water partition coefficient (Wildman–Crippen LogP) is 5.27. The molecule has 0 fully saturated rings. The Hall–Kier alpha value is -3.53. The van der Waals surface area contributed by atoms with E-state index in [9.17, 15) is 0 Å². The van der Waals surface area contributed by atoms with Crippen LogP contribution in [0.25, 0.3) is 33.9 Å². The second kappa shape index (κ2) is 7.79. The van der Waals surface area contributed by atoms with Crippen molar-refractivity contribution >= 4 is 0 Å². The molecule has 27 heavy (non-hydrogen) atoms. The van der Waals surface area contributed by atoms with Crippen molar-refractivity contribution < 1.29 is 4.74 Å². The monoisotopic (exact) mass is 353 g/mol. The van der Waals surface area contributed by atoms with E-state index in [1.165, 1.54) is 0 Å². The van der Waals surface area contributed by atoms with Gasteiger partial charge in [0.25, 0.3) is 0 Å². The molecular weight excluding hydrogens is 334 g/mol. The van der Waals surface area contributed by atoms with Crippen LogP contribution < -0.4 is 4.74 Å². The summed E-state index contributed by atoms with van der Waals surface area (Å²) in [7, 11) is 0. The van der Waals surface area contributed by atoms with Crippen molar-refractivity contribution in [2.75, 3.05) is 6.61 Å². The maximum atomic E-state index is 5.55. The predicted molar refractivity (Wildman–Crippen MR) is 107 cm³/mol. The zero-order valence-corrected chi connectivity index (χ0v) is 15.0. The number of rotatable bonds is 5. The lowest BCUT2D eigenvalue weighted by Crippen LogP contribution is -1.94. The summed E-state index contributed by atoms with van der Waals surface area (Å²) in [4.78, 5) is 13.7. The molecular formula is C23H19N3O. The second-order valence-electron chi connectivity index (χ2n) is 6.01. The third kappa shape index (κ3) is 3.85. The van der Waals surface area contributed by atoms with Gasteiger partial charge >= 0.3 is 0 Å². The molecule has 0 aliphatic rings. The first-order valence-corrected chi connectivity index (χ1v) is 8.91. The summed E-state index contributed by atoms with van der Waals surface area (Å²) >= 11 is 0. The summed E-state index contributed by atoms with van der Waals surface area (Å²) in [6, 6.07) is 23.9. The average Bonchev–Trinajstić information content (AvgIpc) is 2.75. The second-order valence-corrected chi connectivity index (χ2v) is 6.01. The van der Waals surface area contributed by atoms with Crippen molar-refractivity contribution in [2.45, 2.75) is 6.92 Å². The van der Waals surface area contributed by atoms with Gasteiger partial charge in [-0.1, -0.05) is 24.3 Å². The highest BCUT2D eigenvalue weighted by Gasteiger charge is 2.10. The minimum atomic E-state index is 0.655. The van der Waals surface area contributed by atoms with Crippen molar-refractivity contribution in [3.63, 3.8) is 0 Å². The van der Waals surface area contributed by atoms with E-state index in [1.54, 1.807) is 12.4 Å². The lowest BCUT2D eigenvalue weighted by Gasteiger charge is -2.10. The van der Waals surface area contributed by atoms with E-state index < -0.39 is 0 Å². The van der Waals surface area contributed by atoms with Gasteiger partial charge in [-0.2, -0.15) is 0 Å². The Kier molecular flexibility index (Phi) is 4.88. The highest BCUT2D eigenvalue weighted by molar-refractivity contribution is 5.74. The molecule has 0 aliphatic heterocycles. The molecule has 0 atom stereocenters. The Labute approximate surface area is 158 Å². The Morgan fingerprint density at radius 1 is 0.667 bits per heavy atom. The third-order valence-corrected chi connectivity index (χ3v) is 4.18. The van der Waals surface area contributed by atoms with Gasteiger partial charge in [0.05, 0.1) is 29.4 Å². The smallest absolute Gasteiger partial charge is 0.119 e. The number of ether oxygens (including phenoxy) is 1. The Morgan fingerprint density at radius 2 is 1.26 bits per heavy atom. The number of pyridine rings is 3. The van der Waals surface area contributed by atoms with Gasteiger partial charge in [-0.15, -0.1) is 0 Å². The summed E-state index contributed by atoms with van der Waals surface area (Å²) in [5.41, 5.74) is 5.47. The van der Waals surface area contributed by atoms with E-state index >= 15 is 0 Å². The zero-order valence-electron chi connectivity index (χ0n) is 15.0. The van der Waals surface area contributed by atoms with Crippen LogP contribution in [0.5, 0.6) is 5.75 Å². The van der Waals surface area contributed by atoms with E-state index in [0.717, 1.165) is 39.7 Å². The van der Waals surface area contributed by atoms with Gasteiger partial charge in [0.15, 0.2) is 0 Å². The number of benzene rings is 1. The highest BCUT2D eigenvalue weighted by Crippen LogP contribution is 2.29. The van der Waals surface area contributed by atoms with Crippen LogP contribution in [0.1, 0.15) is 6.92 Å². The fourth-order valence-electron chi connectivity index (χ4n) is 2.90. The van der Waals surface area contributed by atoms with E-state index in [1.807, 2.05) is 55.5 Å². The van der Waals surface area contributed by atoms with Gasteiger partial charge in [-0.05, 0) is 66.6 Å². The molecule has 4 aromatic rings. The highest BCUT2D eigenvalue weighted by atomic mass is 16.5. The Balaban J connectivity index is 1.83. The third-order valence-electron chi connectivity index (χ3n) is 4.18. The molecule has 4 nitrogen and oxygen atoms in total. The van der Waals surface area contributed by atoms with Crippen LogP contribution in [-0.4, -0.2) is 21.6 Å². The molecule has 0 saturated heterocycles. The molecule has 0 aliphatic carbocycles. The first-order chi connectivity index (χ1) is 13.3. The van der Waals surface area contributed by atoms with Crippen LogP contribution in [0.3, 0.4) is 0 Å². The number of nitrogens with zero attached hydrogens (tertiary/aromatic N) is 3. The first kappa shape index (κ1) is 16.9. The maximum absolute atomic E-state index is 5.55. The van der Waals surface area contributed by atoms with Crippen LogP contribution >= 0.6 is 0 Å². The largest absolute Gasteiger partial charge is 0.494 e.